The molecule has 0 N–H and O–H groups in total. The fraction of sp³-hybridized carbons (Fsp3) is 1.00. The van der Waals surface area contributed by atoms with E-state index in [4.69, 9.17) is 7.85 Å². The molecule has 1 spiro atoms. The average Bonchev–Trinajstić information content (AvgIpc) is 2.44. The summed E-state index contributed by atoms with van der Waals surface area (Å²) in [5, 5.41) is 0. The van der Waals surface area contributed by atoms with Crippen LogP contribution in [-0.4, -0.2) is 7.85 Å². The van der Waals surface area contributed by atoms with E-state index >= 15 is 0 Å². The van der Waals surface area contributed by atoms with E-state index in [-0.39, 0.29) is 0 Å². The molecule has 0 aromatic carbocycles. The maximum Gasteiger partial charge on any atom is 0.0653 e. The maximum atomic E-state index is 5.62. The molecule has 0 amide bonds. The van der Waals surface area contributed by atoms with Crippen molar-refractivity contribution in [2.75, 3.05) is 0 Å². The normalized spacial score (nSPS) is 46.4. The zero-order valence-electron chi connectivity index (χ0n) is 8.18. The largest absolute Gasteiger partial charge is 0.0884 e. The summed E-state index contributed by atoms with van der Waals surface area (Å²) in [4.78, 5) is 0. The number of hydrogen-bond donors (Lipinski definition) is 0. The van der Waals surface area contributed by atoms with E-state index in [0.717, 1.165) is 23.6 Å². The van der Waals surface area contributed by atoms with E-state index in [1.54, 1.807) is 0 Å². The molecule has 0 aromatic heterocycles. The van der Waals surface area contributed by atoms with Crippen LogP contribution in [0.15, 0.2) is 0 Å². The molecule has 0 aliphatic heterocycles. The van der Waals surface area contributed by atoms with Crippen LogP contribution < -0.4 is 0 Å². The lowest BCUT2D eigenvalue weighted by atomic mass is 9.57. The number of rotatable bonds is 2. The Hall–Kier alpha value is 0.0649. The molecule has 0 aromatic rings. The van der Waals surface area contributed by atoms with Gasteiger partial charge in [-0.3, -0.25) is 0 Å². The standard InChI is InChI=1S/C11H19B/c1-9-2-5-11(8-9)6-3-10(11)4-7-12/h9-10H,2-8H2,1H3. The molecule has 12 heavy (non-hydrogen) atoms. The van der Waals surface area contributed by atoms with Gasteiger partial charge < -0.3 is 0 Å². The highest BCUT2D eigenvalue weighted by Crippen LogP contribution is 2.60. The fourth-order valence-electron chi connectivity index (χ4n) is 3.44. The summed E-state index contributed by atoms with van der Waals surface area (Å²) in [6, 6.07) is 0. The summed E-state index contributed by atoms with van der Waals surface area (Å²) in [6.07, 6.45) is 9.62. The third-order valence-electron chi connectivity index (χ3n) is 4.26. The van der Waals surface area contributed by atoms with Crippen LogP contribution in [-0.2, 0) is 0 Å². The first-order valence-corrected chi connectivity index (χ1v) is 5.47. The van der Waals surface area contributed by atoms with Crippen LogP contribution in [0.2, 0.25) is 6.32 Å². The van der Waals surface area contributed by atoms with Crippen LogP contribution in [0.5, 0.6) is 0 Å². The van der Waals surface area contributed by atoms with Gasteiger partial charge in [-0.05, 0) is 42.9 Å². The second-order valence-electron chi connectivity index (χ2n) is 5.02. The molecular weight excluding hydrogens is 143 g/mol. The van der Waals surface area contributed by atoms with Crippen LogP contribution in [0.25, 0.3) is 0 Å². The van der Waals surface area contributed by atoms with E-state index in [0.29, 0.717) is 0 Å². The Morgan fingerprint density at radius 3 is 2.50 bits per heavy atom. The Morgan fingerprint density at radius 2 is 2.08 bits per heavy atom. The summed E-state index contributed by atoms with van der Waals surface area (Å²) in [5.74, 6) is 1.98. The molecule has 0 saturated heterocycles. The zero-order valence-corrected chi connectivity index (χ0v) is 8.18. The van der Waals surface area contributed by atoms with Crippen molar-refractivity contribution in [1.82, 2.24) is 0 Å². The van der Waals surface area contributed by atoms with Gasteiger partial charge in [-0.25, -0.2) is 0 Å². The van der Waals surface area contributed by atoms with Gasteiger partial charge in [0.1, 0.15) is 0 Å². The Bertz CT molecular complexity index is 166. The second-order valence-corrected chi connectivity index (χ2v) is 5.02. The minimum atomic E-state index is 0.777. The van der Waals surface area contributed by atoms with Crippen molar-refractivity contribution in [3.63, 3.8) is 0 Å². The quantitative estimate of drug-likeness (QED) is 0.547. The Balaban J connectivity index is 1.94. The Labute approximate surface area is 77.5 Å². The molecule has 2 radical (unpaired) electrons. The lowest BCUT2D eigenvalue weighted by Crippen LogP contribution is -2.37. The molecule has 0 bridgehead atoms. The van der Waals surface area contributed by atoms with Crippen molar-refractivity contribution in [2.45, 2.75) is 51.8 Å². The molecule has 0 nitrogen and oxygen atoms in total. The third-order valence-corrected chi connectivity index (χ3v) is 4.26. The molecular formula is C11H19B. The van der Waals surface area contributed by atoms with Crippen molar-refractivity contribution in [1.29, 1.82) is 0 Å². The first kappa shape index (κ1) is 8.65. The van der Waals surface area contributed by atoms with E-state index in [9.17, 15) is 0 Å². The van der Waals surface area contributed by atoms with Gasteiger partial charge in [0.25, 0.3) is 0 Å². The monoisotopic (exact) mass is 162 g/mol. The van der Waals surface area contributed by atoms with Crippen LogP contribution in [0, 0.1) is 17.3 Å². The summed E-state index contributed by atoms with van der Waals surface area (Å²) in [6.45, 7) is 2.41. The van der Waals surface area contributed by atoms with E-state index in [1.165, 1.54) is 38.5 Å². The fourth-order valence-corrected chi connectivity index (χ4v) is 3.44. The SMILES string of the molecule is [B]CCC1CCC12CCC(C)C2. The Morgan fingerprint density at radius 1 is 1.33 bits per heavy atom. The van der Waals surface area contributed by atoms with Crippen LogP contribution in [0.4, 0.5) is 0 Å². The molecule has 2 saturated carbocycles. The molecule has 0 heterocycles. The highest BCUT2D eigenvalue weighted by Gasteiger charge is 2.48. The lowest BCUT2D eigenvalue weighted by molar-refractivity contribution is 0.0308. The Kier molecular flexibility index (Phi) is 2.22. The first-order valence-electron chi connectivity index (χ1n) is 5.47. The molecule has 3 unspecified atom stereocenters. The molecule has 66 valence electrons. The van der Waals surface area contributed by atoms with Gasteiger partial charge >= 0.3 is 0 Å². The topological polar surface area (TPSA) is 0 Å². The van der Waals surface area contributed by atoms with Crippen LogP contribution in [0.1, 0.15) is 45.4 Å². The third kappa shape index (κ3) is 1.22. The van der Waals surface area contributed by atoms with Gasteiger partial charge in [-0.1, -0.05) is 26.1 Å². The van der Waals surface area contributed by atoms with Gasteiger partial charge in [0.05, 0.1) is 7.85 Å². The van der Waals surface area contributed by atoms with Crippen molar-refractivity contribution in [3.05, 3.63) is 0 Å². The lowest BCUT2D eigenvalue weighted by Gasteiger charge is -2.48. The van der Waals surface area contributed by atoms with Gasteiger partial charge in [-0.2, -0.15) is 0 Å². The average molecular weight is 162 g/mol. The molecule has 2 fully saturated rings. The van der Waals surface area contributed by atoms with Crippen molar-refractivity contribution in [2.24, 2.45) is 17.3 Å². The number of hydrogen-bond acceptors (Lipinski definition) is 0. The van der Waals surface area contributed by atoms with Crippen LogP contribution >= 0.6 is 0 Å². The smallest absolute Gasteiger partial charge is 0.0653 e. The first-order chi connectivity index (χ1) is 5.77. The second kappa shape index (κ2) is 3.08. The predicted octanol–water partition coefficient (Wildman–Crippen LogP) is 3.18. The van der Waals surface area contributed by atoms with Gasteiger partial charge in [0.15, 0.2) is 0 Å². The molecule has 1 heteroatoms. The van der Waals surface area contributed by atoms with Gasteiger partial charge in [0.2, 0.25) is 0 Å². The summed E-state index contributed by atoms with van der Waals surface area (Å²) in [5.41, 5.74) is 0.777. The summed E-state index contributed by atoms with van der Waals surface area (Å²) in [7, 11) is 5.62. The summed E-state index contributed by atoms with van der Waals surface area (Å²) < 4.78 is 0. The van der Waals surface area contributed by atoms with Gasteiger partial charge in [0, 0.05) is 0 Å². The predicted molar refractivity (Wildman–Crippen MR) is 53.4 cm³/mol. The highest BCUT2D eigenvalue weighted by atomic mass is 14.5. The van der Waals surface area contributed by atoms with Crippen molar-refractivity contribution >= 4 is 7.85 Å². The summed E-state index contributed by atoms with van der Waals surface area (Å²) >= 11 is 0. The molecule has 2 aliphatic rings. The zero-order chi connectivity index (χ0) is 8.60. The minimum absolute atomic E-state index is 0.777. The van der Waals surface area contributed by atoms with E-state index < -0.39 is 0 Å². The van der Waals surface area contributed by atoms with Crippen molar-refractivity contribution < 1.29 is 0 Å². The van der Waals surface area contributed by atoms with E-state index in [1.807, 2.05) is 0 Å². The van der Waals surface area contributed by atoms with Crippen LogP contribution in [0.3, 0.4) is 0 Å². The van der Waals surface area contributed by atoms with Crippen molar-refractivity contribution in [3.8, 4) is 0 Å². The highest BCUT2D eigenvalue weighted by molar-refractivity contribution is 6.08. The van der Waals surface area contributed by atoms with Gasteiger partial charge in [-0.15, -0.1) is 0 Å². The maximum absolute atomic E-state index is 5.62. The molecule has 2 aliphatic carbocycles. The minimum Gasteiger partial charge on any atom is -0.0884 e. The molecule has 2 rings (SSSR count). The van der Waals surface area contributed by atoms with E-state index in [2.05, 4.69) is 6.92 Å². The molecule has 3 atom stereocenters.